The number of rotatable bonds is 11. The molecule has 9 nitrogen and oxygen atoms in total. The van der Waals surface area contributed by atoms with Crippen LogP contribution in [0.25, 0.3) is 0 Å². The standard InChI is InChI=1S/C21H35N7O2S2/c1-4-22-20(31)26-24-16(3)19(25-27-21(32)23-5-2)15-18-9-8-17(30-18)7-6-10-28-11-13-29-14-12-28/h8-9H,4-7,10-15H2,1-3H3,(H2,22,26,31)(H2,23,27,32)/b24-16+,25-19-. The monoisotopic (exact) mass is 481 g/mol. The average Bonchev–Trinajstić information content (AvgIpc) is 3.23. The molecule has 1 saturated heterocycles. The zero-order valence-corrected chi connectivity index (χ0v) is 20.8. The van der Waals surface area contributed by atoms with Gasteiger partial charge in [-0.2, -0.15) is 10.2 Å². The summed E-state index contributed by atoms with van der Waals surface area (Å²) in [5.41, 5.74) is 7.09. The molecule has 0 radical (unpaired) electrons. The minimum absolute atomic E-state index is 0.456. The molecule has 0 aliphatic carbocycles. The molecule has 1 aromatic heterocycles. The van der Waals surface area contributed by atoms with Crippen molar-refractivity contribution in [2.45, 2.75) is 40.0 Å². The maximum Gasteiger partial charge on any atom is 0.186 e. The van der Waals surface area contributed by atoms with Gasteiger partial charge >= 0.3 is 0 Å². The van der Waals surface area contributed by atoms with Crippen molar-refractivity contribution in [2.75, 3.05) is 45.9 Å². The molecule has 0 saturated carbocycles. The van der Waals surface area contributed by atoms with Crippen molar-refractivity contribution in [3.05, 3.63) is 23.7 Å². The largest absolute Gasteiger partial charge is 0.466 e. The van der Waals surface area contributed by atoms with Crippen LogP contribution in [-0.4, -0.2) is 72.5 Å². The van der Waals surface area contributed by atoms with E-state index in [1.54, 1.807) is 0 Å². The summed E-state index contributed by atoms with van der Waals surface area (Å²) in [5, 5.41) is 15.7. The maximum absolute atomic E-state index is 6.06. The highest BCUT2D eigenvalue weighted by atomic mass is 32.1. The van der Waals surface area contributed by atoms with E-state index in [1.165, 1.54) is 0 Å². The fourth-order valence-electron chi connectivity index (χ4n) is 3.08. The quantitative estimate of drug-likeness (QED) is 0.214. The molecular weight excluding hydrogens is 446 g/mol. The van der Waals surface area contributed by atoms with Crippen molar-refractivity contribution in [2.24, 2.45) is 10.2 Å². The summed E-state index contributed by atoms with van der Waals surface area (Å²) in [6.45, 7) is 12.0. The van der Waals surface area contributed by atoms with E-state index in [0.717, 1.165) is 63.8 Å². The summed E-state index contributed by atoms with van der Waals surface area (Å²) in [6.07, 6.45) is 2.44. The molecule has 0 amide bonds. The summed E-state index contributed by atoms with van der Waals surface area (Å²) < 4.78 is 11.5. The lowest BCUT2D eigenvalue weighted by Crippen LogP contribution is -2.36. The number of hydrogen-bond acceptors (Lipinski definition) is 7. The first kappa shape index (κ1) is 26.2. The second kappa shape index (κ2) is 14.9. The molecule has 0 atom stereocenters. The summed E-state index contributed by atoms with van der Waals surface area (Å²) >= 11 is 10.4. The van der Waals surface area contributed by atoms with Crippen LogP contribution in [0.1, 0.15) is 38.7 Å². The van der Waals surface area contributed by atoms with Crippen LogP contribution in [0, 0.1) is 0 Å². The van der Waals surface area contributed by atoms with Gasteiger partial charge < -0.3 is 19.8 Å². The van der Waals surface area contributed by atoms with Crippen molar-refractivity contribution in [3.63, 3.8) is 0 Å². The van der Waals surface area contributed by atoms with Crippen LogP contribution < -0.4 is 21.5 Å². The Kier molecular flexibility index (Phi) is 12.2. The Morgan fingerprint density at radius 2 is 1.62 bits per heavy atom. The maximum atomic E-state index is 6.06. The van der Waals surface area contributed by atoms with E-state index in [9.17, 15) is 0 Å². The minimum atomic E-state index is 0.456. The summed E-state index contributed by atoms with van der Waals surface area (Å²) in [4.78, 5) is 2.43. The Balaban J connectivity index is 1.96. The second-order valence-electron chi connectivity index (χ2n) is 7.30. The van der Waals surface area contributed by atoms with Gasteiger partial charge in [-0.25, -0.2) is 0 Å². The van der Waals surface area contributed by atoms with Gasteiger partial charge in [0.25, 0.3) is 0 Å². The predicted octanol–water partition coefficient (Wildman–Crippen LogP) is 1.79. The molecule has 0 spiro atoms. The van der Waals surface area contributed by atoms with Crippen molar-refractivity contribution in [3.8, 4) is 0 Å². The SMILES string of the molecule is CCNC(=S)N/N=C(Cc1ccc(CCCN2CCOCC2)o1)\C(C)=N\NC(=S)NCC. The lowest BCUT2D eigenvalue weighted by atomic mass is 10.1. The van der Waals surface area contributed by atoms with E-state index in [-0.39, 0.29) is 0 Å². The smallest absolute Gasteiger partial charge is 0.186 e. The first-order chi connectivity index (χ1) is 15.5. The molecule has 1 fully saturated rings. The van der Waals surface area contributed by atoms with Gasteiger partial charge in [-0.3, -0.25) is 15.8 Å². The average molecular weight is 482 g/mol. The van der Waals surface area contributed by atoms with Crippen LogP contribution in [0.5, 0.6) is 0 Å². The van der Waals surface area contributed by atoms with Crippen LogP contribution in [0.3, 0.4) is 0 Å². The Morgan fingerprint density at radius 1 is 1.00 bits per heavy atom. The Hall–Kier alpha value is -2.08. The fourth-order valence-corrected chi connectivity index (χ4v) is 3.46. The second-order valence-corrected chi connectivity index (χ2v) is 8.12. The molecule has 0 aromatic carbocycles. The first-order valence-corrected chi connectivity index (χ1v) is 11.9. The van der Waals surface area contributed by atoms with Gasteiger partial charge in [0, 0.05) is 32.6 Å². The molecule has 0 unspecified atom stereocenters. The zero-order chi connectivity index (χ0) is 23.2. The molecule has 178 valence electrons. The number of hydrogen-bond donors (Lipinski definition) is 4. The fraction of sp³-hybridized carbons (Fsp3) is 0.619. The number of hydrazone groups is 2. The van der Waals surface area contributed by atoms with Crippen molar-refractivity contribution in [1.29, 1.82) is 0 Å². The molecule has 2 rings (SSSR count). The number of nitrogens with zero attached hydrogens (tertiary/aromatic N) is 3. The molecule has 2 heterocycles. The van der Waals surface area contributed by atoms with Gasteiger partial charge in [0.1, 0.15) is 11.5 Å². The van der Waals surface area contributed by atoms with Gasteiger partial charge in [-0.1, -0.05) is 0 Å². The molecule has 32 heavy (non-hydrogen) atoms. The highest BCUT2D eigenvalue weighted by Crippen LogP contribution is 2.12. The molecule has 1 aliphatic rings. The zero-order valence-electron chi connectivity index (χ0n) is 19.2. The van der Waals surface area contributed by atoms with Crippen LogP contribution >= 0.6 is 24.4 Å². The van der Waals surface area contributed by atoms with E-state index in [1.807, 2.05) is 32.9 Å². The lowest BCUT2D eigenvalue weighted by molar-refractivity contribution is 0.0373. The predicted molar refractivity (Wildman–Crippen MR) is 137 cm³/mol. The molecule has 11 heteroatoms. The summed E-state index contributed by atoms with van der Waals surface area (Å²) in [6, 6.07) is 4.03. The van der Waals surface area contributed by atoms with Gasteiger partial charge in [-0.05, 0) is 70.3 Å². The molecule has 0 bridgehead atoms. The number of aryl methyl sites for hydroxylation is 1. The third-order valence-electron chi connectivity index (χ3n) is 4.77. The summed E-state index contributed by atoms with van der Waals surface area (Å²) in [7, 11) is 0. The number of ether oxygens (including phenoxy) is 1. The minimum Gasteiger partial charge on any atom is -0.466 e. The van der Waals surface area contributed by atoms with Crippen LogP contribution in [0.15, 0.2) is 26.8 Å². The third kappa shape index (κ3) is 10.0. The normalized spacial score (nSPS) is 15.3. The van der Waals surface area contributed by atoms with Crippen molar-refractivity contribution in [1.82, 2.24) is 26.4 Å². The van der Waals surface area contributed by atoms with Gasteiger partial charge in [-0.15, -0.1) is 0 Å². The number of morpholine rings is 1. The van der Waals surface area contributed by atoms with E-state index >= 15 is 0 Å². The van der Waals surface area contributed by atoms with Crippen LogP contribution in [-0.2, 0) is 17.6 Å². The third-order valence-corrected chi connectivity index (χ3v) is 5.24. The molecular formula is C21H35N7O2S2. The number of nitrogens with one attached hydrogen (secondary N) is 4. The van der Waals surface area contributed by atoms with Gasteiger partial charge in [0.2, 0.25) is 0 Å². The van der Waals surface area contributed by atoms with Crippen LogP contribution in [0.4, 0.5) is 0 Å². The van der Waals surface area contributed by atoms with Crippen molar-refractivity contribution < 1.29 is 9.15 Å². The Labute approximate surface area is 201 Å². The van der Waals surface area contributed by atoms with Crippen molar-refractivity contribution >= 4 is 46.1 Å². The molecule has 1 aromatic rings. The van der Waals surface area contributed by atoms with E-state index < -0.39 is 0 Å². The number of thiocarbonyl (C=S) groups is 2. The Bertz CT molecular complexity index is 789. The summed E-state index contributed by atoms with van der Waals surface area (Å²) in [5.74, 6) is 1.80. The molecule has 4 N–H and O–H groups in total. The Morgan fingerprint density at radius 3 is 2.28 bits per heavy atom. The number of furan rings is 1. The molecule has 1 aliphatic heterocycles. The highest BCUT2D eigenvalue weighted by Gasteiger charge is 2.13. The van der Waals surface area contributed by atoms with Gasteiger partial charge in [0.15, 0.2) is 10.2 Å². The highest BCUT2D eigenvalue weighted by molar-refractivity contribution is 7.80. The topological polar surface area (TPSA) is 98.5 Å². The van der Waals surface area contributed by atoms with Crippen LogP contribution in [0.2, 0.25) is 0 Å². The van der Waals surface area contributed by atoms with E-state index in [0.29, 0.717) is 34.6 Å². The van der Waals surface area contributed by atoms with E-state index in [4.69, 9.17) is 33.6 Å². The lowest BCUT2D eigenvalue weighted by Gasteiger charge is -2.26. The van der Waals surface area contributed by atoms with Gasteiger partial charge in [0.05, 0.1) is 31.1 Å². The van der Waals surface area contributed by atoms with E-state index in [2.05, 4.69) is 36.6 Å². The first-order valence-electron chi connectivity index (χ1n) is 11.1.